The van der Waals surface area contributed by atoms with Crippen LogP contribution in [0, 0.1) is 0 Å². The van der Waals surface area contributed by atoms with Crippen LogP contribution in [0.1, 0.15) is 44.1 Å². The Morgan fingerprint density at radius 2 is 1.72 bits per heavy atom. The van der Waals surface area contributed by atoms with E-state index in [1.165, 1.54) is 4.31 Å². The maximum Gasteiger partial charge on any atom is 0.243 e. The van der Waals surface area contributed by atoms with Gasteiger partial charge in [0.25, 0.3) is 0 Å². The number of amides is 2. The summed E-state index contributed by atoms with van der Waals surface area (Å²) in [6.45, 7) is 2.23. The summed E-state index contributed by atoms with van der Waals surface area (Å²) >= 11 is 0. The first kappa shape index (κ1) is 20.3. The fourth-order valence-electron chi connectivity index (χ4n) is 4.81. The number of carbonyl (C=O) groups excluding carboxylic acids is 2. The van der Waals surface area contributed by atoms with Gasteiger partial charge in [0.15, 0.2) is 0 Å². The fourth-order valence-corrected chi connectivity index (χ4v) is 6.30. The number of primary amides is 1. The molecule has 3 aliphatic rings. The van der Waals surface area contributed by atoms with E-state index in [0.29, 0.717) is 31.4 Å². The zero-order valence-electron chi connectivity index (χ0n) is 16.5. The Morgan fingerprint density at radius 3 is 2.38 bits per heavy atom. The van der Waals surface area contributed by atoms with Crippen molar-refractivity contribution >= 4 is 27.5 Å². The number of aryl methyl sites for hydroxylation is 1. The lowest BCUT2D eigenvalue weighted by molar-refractivity contribution is -0.134. The largest absolute Gasteiger partial charge is 0.368 e. The number of nitrogens with zero attached hydrogens (tertiary/aromatic N) is 2. The van der Waals surface area contributed by atoms with Gasteiger partial charge in [0, 0.05) is 25.2 Å². The van der Waals surface area contributed by atoms with Crippen LogP contribution in [0.3, 0.4) is 0 Å². The van der Waals surface area contributed by atoms with Gasteiger partial charge in [-0.25, -0.2) is 8.42 Å². The maximum absolute atomic E-state index is 13.2. The highest BCUT2D eigenvalue weighted by Crippen LogP contribution is 2.34. The Labute approximate surface area is 171 Å². The molecule has 0 atom stereocenters. The first-order valence-electron chi connectivity index (χ1n) is 10.3. The number of nitrogens with one attached hydrogen (secondary N) is 1. The lowest BCUT2D eigenvalue weighted by Crippen LogP contribution is -2.63. The molecule has 29 heavy (non-hydrogen) atoms. The zero-order valence-corrected chi connectivity index (χ0v) is 17.3. The van der Waals surface area contributed by atoms with Crippen LogP contribution in [-0.2, 0) is 26.0 Å². The predicted octanol–water partition coefficient (Wildman–Crippen LogP) is 1.07. The molecule has 2 saturated heterocycles. The molecule has 0 spiro atoms. The number of piperidine rings is 2. The minimum atomic E-state index is -3.67. The molecule has 0 aromatic heterocycles. The SMILES string of the molecule is NC(=O)C1(N2CCCCC2)CCN(S(=O)(=O)c2ccc3c(c2)CCC(=O)N3)CC1. The van der Waals surface area contributed by atoms with E-state index in [1.807, 2.05) is 0 Å². The van der Waals surface area contributed by atoms with Gasteiger partial charge in [-0.2, -0.15) is 4.31 Å². The van der Waals surface area contributed by atoms with E-state index < -0.39 is 15.6 Å². The van der Waals surface area contributed by atoms with Gasteiger partial charge < -0.3 is 11.1 Å². The Bertz CT molecular complexity index is 916. The molecule has 1 aromatic rings. The van der Waals surface area contributed by atoms with Crippen molar-refractivity contribution in [3.8, 4) is 0 Å². The van der Waals surface area contributed by atoms with E-state index in [2.05, 4.69) is 10.2 Å². The number of hydrogen-bond acceptors (Lipinski definition) is 5. The number of sulfonamides is 1. The summed E-state index contributed by atoms with van der Waals surface area (Å²) in [5.41, 5.74) is 6.57. The molecule has 0 aliphatic carbocycles. The summed E-state index contributed by atoms with van der Waals surface area (Å²) in [5.74, 6) is -0.398. The third-order valence-corrected chi connectivity index (χ3v) is 8.47. The minimum absolute atomic E-state index is 0.0513. The lowest BCUT2D eigenvalue weighted by atomic mass is 9.84. The van der Waals surface area contributed by atoms with Crippen LogP contribution in [0.2, 0.25) is 0 Å². The van der Waals surface area contributed by atoms with Crippen molar-refractivity contribution in [3.63, 3.8) is 0 Å². The Kier molecular flexibility index (Phi) is 5.39. The topological polar surface area (TPSA) is 113 Å². The normalized spacial score (nSPS) is 23.2. The number of benzene rings is 1. The van der Waals surface area contributed by atoms with Crippen molar-refractivity contribution in [3.05, 3.63) is 23.8 Å². The number of carbonyl (C=O) groups is 2. The third kappa shape index (κ3) is 3.67. The summed E-state index contributed by atoms with van der Waals surface area (Å²) in [7, 11) is -3.67. The van der Waals surface area contributed by atoms with E-state index in [-0.39, 0.29) is 29.8 Å². The van der Waals surface area contributed by atoms with Crippen LogP contribution < -0.4 is 11.1 Å². The van der Waals surface area contributed by atoms with Crippen molar-refractivity contribution in [2.75, 3.05) is 31.5 Å². The van der Waals surface area contributed by atoms with Crippen LogP contribution in [0.4, 0.5) is 5.69 Å². The highest BCUT2D eigenvalue weighted by Gasteiger charge is 2.47. The Hall–Kier alpha value is -1.97. The molecule has 8 nitrogen and oxygen atoms in total. The average Bonchev–Trinajstić information content (AvgIpc) is 2.73. The van der Waals surface area contributed by atoms with Gasteiger partial charge in [0.05, 0.1) is 4.90 Å². The zero-order chi connectivity index (χ0) is 20.6. The number of likely N-dealkylation sites (tertiary alicyclic amines) is 1. The molecule has 4 rings (SSSR count). The van der Waals surface area contributed by atoms with E-state index in [9.17, 15) is 18.0 Å². The molecule has 0 radical (unpaired) electrons. The summed E-state index contributed by atoms with van der Waals surface area (Å²) in [4.78, 5) is 26.3. The quantitative estimate of drug-likeness (QED) is 0.756. The van der Waals surface area contributed by atoms with Crippen molar-refractivity contribution in [1.82, 2.24) is 9.21 Å². The van der Waals surface area contributed by atoms with Gasteiger partial charge in [-0.05, 0) is 69.0 Å². The molecule has 9 heteroatoms. The standard InChI is InChI=1S/C20H28N4O4S/c21-19(26)20(23-10-2-1-3-11-23)8-12-24(13-9-20)29(27,28)16-5-6-17-15(14-16)4-7-18(25)22-17/h5-6,14H,1-4,7-13H2,(H2,21,26)(H,22,25). The monoisotopic (exact) mass is 420 g/mol. The predicted molar refractivity (Wildman–Crippen MR) is 109 cm³/mol. The van der Waals surface area contributed by atoms with Crippen molar-refractivity contribution in [2.45, 2.75) is 55.4 Å². The van der Waals surface area contributed by atoms with Crippen molar-refractivity contribution in [2.24, 2.45) is 5.73 Å². The van der Waals surface area contributed by atoms with Gasteiger partial charge in [-0.3, -0.25) is 14.5 Å². The second-order valence-electron chi connectivity index (χ2n) is 8.21. The van der Waals surface area contributed by atoms with Gasteiger partial charge >= 0.3 is 0 Å². The maximum atomic E-state index is 13.2. The number of fused-ring (bicyclic) bond motifs is 1. The van der Waals surface area contributed by atoms with Gasteiger partial charge in [-0.15, -0.1) is 0 Å². The molecule has 0 saturated carbocycles. The average molecular weight is 421 g/mol. The van der Waals surface area contributed by atoms with Crippen LogP contribution >= 0.6 is 0 Å². The molecule has 1 aromatic carbocycles. The summed E-state index contributed by atoms with van der Waals surface area (Å²) in [6, 6.07) is 4.86. The number of nitrogens with two attached hydrogens (primary N) is 1. The minimum Gasteiger partial charge on any atom is -0.368 e. The summed E-state index contributed by atoms with van der Waals surface area (Å²) in [6.07, 6.45) is 4.97. The number of hydrogen-bond donors (Lipinski definition) is 2. The fraction of sp³-hybridized carbons (Fsp3) is 0.600. The van der Waals surface area contributed by atoms with Gasteiger partial charge in [0.2, 0.25) is 21.8 Å². The molecule has 2 amide bonds. The van der Waals surface area contributed by atoms with E-state index in [1.54, 1.807) is 18.2 Å². The van der Waals surface area contributed by atoms with Gasteiger partial charge in [0.1, 0.15) is 5.54 Å². The van der Waals surface area contributed by atoms with Gasteiger partial charge in [-0.1, -0.05) is 6.42 Å². The molecule has 0 bridgehead atoms. The highest BCUT2D eigenvalue weighted by molar-refractivity contribution is 7.89. The molecule has 3 heterocycles. The van der Waals surface area contributed by atoms with E-state index in [4.69, 9.17) is 5.73 Å². The highest BCUT2D eigenvalue weighted by atomic mass is 32.2. The van der Waals surface area contributed by atoms with Crippen molar-refractivity contribution < 1.29 is 18.0 Å². The summed E-state index contributed by atoms with van der Waals surface area (Å²) < 4.78 is 27.9. The first-order chi connectivity index (χ1) is 13.8. The molecule has 3 N–H and O–H groups in total. The first-order valence-corrected chi connectivity index (χ1v) is 11.7. The molecule has 3 aliphatic heterocycles. The number of rotatable bonds is 4. The second kappa shape index (κ2) is 7.70. The van der Waals surface area contributed by atoms with Crippen LogP contribution in [-0.4, -0.2) is 61.2 Å². The Balaban J connectivity index is 1.52. The Morgan fingerprint density at radius 1 is 1.03 bits per heavy atom. The summed E-state index contributed by atoms with van der Waals surface area (Å²) in [5, 5.41) is 2.77. The second-order valence-corrected chi connectivity index (χ2v) is 10.2. The molecule has 2 fully saturated rings. The number of anilines is 1. The molecule has 158 valence electrons. The van der Waals surface area contributed by atoms with Crippen LogP contribution in [0.25, 0.3) is 0 Å². The molecule has 0 unspecified atom stereocenters. The van der Waals surface area contributed by atoms with E-state index in [0.717, 1.165) is 37.9 Å². The third-order valence-electron chi connectivity index (χ3n) is 6.58. The molecular weight excluding hydrogens is 392 g/mol. The van der Waals surface area contributed by atoms with Crippen LogP contribution in [0.15, 0.2) is 23.1 Å². The van der Waals surface area contributed by atoms with Crippen molar-refractivity contribution in [1.29, 1.82) is 0 Å². The smallest absolute Gasteiger partial charge is 0.243 e. The lowest BCUT2D eigenvalue weighted by Gasteiger charge is -2.47. The van der Waals surface area contributed by atoms with E-state index >= 15 is 0 Å². The van der Waals surface area contributed by atoms with Crippen LogP contribution in [0.5, 0.6) is 0 Å². The molecular formula is C20H28N4O4S.